The maximum Gasteiger partial charge on any atom is 0.236 e. The molecule has 2 unspecified atom stereocenters. The number of rotatable bonds is 6. The van der Waals surface area contributed by atoms with Gasteiger partial charge in [0.25, 0.3) is 0 Å². The largest absolute Gasteiger partial charge is 0.348 e. The molecule has 18 heavy (non-hydrogen) atoms. The predicted octanol–water partition coefficient (Wildman–Crippen LogP) is 1.17. The zero-order chi connectivity index (χ0) is 13.5. The Labute approximate surface area is 112 Å². The predicted molar refractivity (Wildman–Crippen MR) is 75.6 cm³/mol. The third kappa shape index (κ3) is 4.58. The van der Waals surface area contributed by atoms with Crippen LogP contribution in [0.2, 0.25) is 0 Å². The lowest BCUT2D eigenvalue weighted by atomic mass is 9.90. The minimum Gasteiger partial charge on any atom is -0.348 e. The van der Waals surface area contributed by atoms with Gasteiger partial charge in [0, 0.05) is 33.2 Å². The molecule has 1 fully saturated rings. The third-order valence-electron chi connectivity index (χ3n) is 3.86. The average Bonchev–Trinajstić information content (AvgIpc) is 2.36. The van der Waals surface area contributed by atoms with Gasteiger partial charge in [0.05, 0.1) is 6.54 Å². The fourth-order valence-corrected chi connectivity index (χ4v) is 2.60. The summed E-state index contributed by atoms with van der Waals surface area (Å²) in [6.45, 7) is 8.23. The molecule has 1 rings (SSSR count). The first kappa shape index (κ1) is 15.4. The van der Waals surface area contributed by atoms with Crippen LogP contribution in [0.5, 0.6) is 0 Å². The fourth-order valence-electron chi connectivity index (χ4n) is 2.60. The maximum absolute atomic E-state index is 11.7. The molecule has 0 saturated carbocycles. The summed E-state index contributed by atoms with van der Waals surface area (Å²) in [5, 5.41) is 3.65. The van der Waals surface area contributed by atoms with Crippen LogP contribution in [0.25, 0.3) is 0 Å². The van der Waals surface area contributed by atoms with Crippen molar-refractivity contribution >= 4 is 5.91 Å². The van der Waals surface area contributed by atoms with Crippen LogP contribution in [0, 0.1) is 5.92 Å². The molecule has 0 radical (unpaired) electrons. The highest BCUT2D eigenvalue weighted by molar-refractivity contribution is 5.77. The van der Waals surface area contributed by atoms with Crippen molar-refractivity contribution in [3.8, 4) is 0 Å². The summed E-state index contributed by atoms with van der Waals surface area (Å²) >= 11 is 0. The monoisotopic (exact) mass is 255 g/mol. The molecule has 1 N–H and O–H groups in total. The third-order valence-corrected chi connectivity index (χ3v) is 3.86. The van der Waals surface area contributed by atoms with Crippen molar-refractivity contribution in [2.75, 3.05) is 40.3 Å². The molecule has 106 valence electrons. The van der Waals surface area contributed by atoms with Crippen LogP contribution in [0.15, 0.2) is 0 Å². The number of piperidine rings is 1. The van der Waals surface area contributed by atoms with Crippen LogP contribution in [0.1, 0.15) is 33.1 Å². The molecule has 0 aromatic rings. The number of likely N-dealkylation sites (N-methyl/N-ethyl adjacent to an activating group) is 1. The van der Waals surface area contributed by atoms with Crippen molar-refractivity contribution in [1.82, 2.24) is 15.1 Å². The van der Waals surface area contributed by atoms with E-state index in [0.29, 0.717) is 18.5 Å². The molecule has 4 nitrogen and oxygen atoms in total. The maximum atomic E-state index is 11.7. The van der Waals surface area contributed by atoms with E-state index in [0.717, 1.165) is 19.6 Å². The van der Waals surface area contributed by atoms with E-state index in [4.69, 9.17) is 0 Å². The van der Waals surface area contributed by atoms with Crippen LogP contribution < -0.4 is 5.32 Å². The Morgan fingerprint density at radius 3 is 2.67 bits per heavy atom. The van der Waals surface area contributed by atoms with Crippen molar-refractivity contribution in [2.45, 2.75) is 39.2 Å². The second kappa shape index (κ2) is 7.74. The Morgan fingerprint density at radius 2 is 2.11 bits per heavy atom. The van der Waals surface area contributed by atoms with E-state index in [1.807, 2.05) is 14.1 Å². The first-order chi connectivity index (χ1) is 8.58. The second-order valence-corrected chi connectivity index (χ2v) is 5.54. The Balaban J connectivity index is 2.42. The van der Waals surface area contributed by atoms with Gasteiger partial charge in [-0.05, 0) is 25.3 Å². The van der Waals surface area contributed by atoms with Gasteiger partial charge in [0.2, 0.25) is 5.91 Å². The normalized spacial score (nSPS) is 25.1. The van der Waals surface area contributed by atoms with E-state index in [1.54, 1.807) is 4.90 Å². The van der Waals surface area contributed by atoms with Gasteiger partial charge >= 0.3 is 0 Å². The van der Waals surface area contributed by atoms with E-state index in [1.165, 1.54) is 19.3 Å². The lowest BCUT2D eigenvalue weighted by Gasteiger charge is -2.38. The molecular weight excluding hydrogens is 226 g/mol. The average molecular weight is 255 g/mol. The van der Waals surface area contributed by atoms with Crippen molar-refractivity contribution in [3.05, 3.63) is 0 Å². The standard InChI is InChI=1S/C14H29N3O/c1-5-8-15-13-7-9-17(10-12(13)6-2)11-14(18)16(3)4/h12-13,15H,5-11H2,1-4H3. The number of nitrogens with one attached hydrogen (secondary N) is 1. The van der Waals surface area contributed by atoms with Gasteiger partial charge in [0.15, 0.2) is 0 Å². The number of likely N-dealkylation sites (tertiary alicyclic amines) is 1. The number of amides is 1. The molecule has 0 spiro atoms. The highest BCUT2D eigenvalue weighted by atomic mass is 16.2. The van der Waals surface area contributed by atoms with E-state index in [9.17, 15) is 4.79 Å². The summed E-state index contributed by atoms with van der Waals surface area (Å²) in [4.78, 5) is 15.7. The zero-order valence-corrected chi connectivity index (χ0v) is 12.4. The van der Waals surface area contributed by atoms with Gasteiger partial charge in [-0.3, -0.25) is 9.69 Å². The minimum absolute atomic E-state index is 0.213. The molecule has 0 bridgehead atoms. The molecule has 4 heteroatoms. The van der Waals surface area contributed by atoms with E-state index < -0.39 is 0 Å². The highest BCUT2D eigenvalue weighted by Gasteiger charge is 2.28. The lowest BCUT2D eigenvalue weighted by molar-refractivity contribution is -0.130. The molecule has 1 aliphatic rings. The van der Waals surface area contributed by atoms with Gasteiger partial charge in [-0.2, -0.15) is 0 Å². The van der Waals surface area contributed by atoms with Crippen molar-refractivity contribution in [1.29, 1.82) is 0 Å². The highest BCUT2D eigenvalue weighted by Crippen LogP contribution is 2.20. The quantitative estimate of drug-likeness (QED) is 0.774. The molecule has 1 amide bonds. The fraction of sp³-hybridized carbons (Fsp3) is 0.929. The van der Waals surface area contributed by atoms with Crippen LogP contribution in [0.4, 0.5) is 0 Å². The molecule has 0 aliphatic carbocycles. The number of hydrogen-bond acceptors (Lipinski definition) is 3. The first-order valence-corrected chi connectivity index (χ1v) is 7.24. The van der Waals surface area contributed by atoms with Crippen LogP contribution in [0.3, 0.4) is 0 Å². The second-order valence-electron chi connectivity index (χ2n) is 5.54. The van der Waals surface area contributed by atoms with Crippen LogP contribution in [-0.2, 0) is 4.79 Å². The first-order valence-electron chi connectivity index (χ1n) is 7.24. The van der Waals surface area contributed by atoms with Crippen LogP contribution >= 0.6 is 0 Å². The molecule has 1 heterocycles. The Morgan fingerprint density at radius 1 is 1.39 bits per heavy atom. The smallest absolute Gasteiger partial charge is 0.236 e. The molecule has 1 saturated heterocycles. The molecule has 0 aromatic heterocycles. The van der Waals surface area contributed by atoms with Gasteiger partial charge in [-0.15, -0.1) is 0 Å². The molecule has 1 aliphatic heterocycles. The number of carbonyl (C=O) groups is 1. The molecule has 0 aromatic carbocycles. The summed E-state index contributed by atoms with van der Waals surface area (Å²) in [5.41, 5.74) is 0. The minimum atomic E-state index is 0.213. The number of nitrogens with zero attached hydrogens (tertiary/aromatic N) is 2. The van der Waals surface area contributed by atoms with Gasteiger partial charge in [0.1, 0.15) is 0 Å². The van der Waals surface area contributed by atoms with E-state index in [-0.39, 0.29) is 5.91 Å². The van der Waals surface area contributed by atoms with E-state index >= 15 is 0 Å². The Kier molecular flexibility index (Phi) is 6.65. The zero-order valence-electron chi connectivity index (χ0n) is 12.4. The topological polar surface area (TPSA) is 35.6 Å². The summed E-state index contributed by atoms with van der Waals surface area (Å²) < 4.78 is 0. The number of carbonyl (C=O) groups excluding carboxylic acids is 1. The summed E-state index contributed by atoms with van der Waals surface area (Å²) in [6.07, 6.45) is 3.54. The lowest BCUT2D eigenvalue weighted by Crippen LogP contribution is -2.51. The molecule has 2 atom stereocenters. The number of hydrogen-bond donors (Lipinski definition) is 1. The Hall–Kier alpha value is -0.610. The summed E-state index contributed by atoms with van der Waals surface area (Å²) in [6, 6.07) is 0.639. The van der Waals surface area contributed by atoms with Crippen molar-refractivity contribution in [2.24, 2.45) is 5.92 Å². The molecular formula is C14H29N3O. The SMILES string of the molecule is CCCNC1CCN(CC(=O)N(C)C)CC1CC. The van der Waals surface area contributed by atoms with E-state index in [2.05, 4.69) is 24.1 Å². The Bertz CT molecular complexity index is 255. The van der Waals surface area contributed by atoms with Crippen molar-refractivity contribution < 1.29 is 4.79 Å². The van der Waals surface area contributed by atoms with Crippen molar-refractivity contribution in [3.63, 3.8) is 0 Å². The van der Waals surface area contributed by atoms with Gasteiger partial charge in [-0.25, -0.2) is 0 Å². The van der Waals surface area contributed by atoms with Gasteiger partial charge in [-0.1, -0.05) is 20.3 Å². The summed E-state index contributed by atoms with van der Waals surface area (Å²) in [7, 11) is 3.66. The van der Waals surface area contributed by atoms with Crippen LogP contribution in [-0.4, -0.2) is 62.0 Å². The summed E-state index contributed by atoms with van der Waals surface area (Å²) in [5.74, 6) is 0.894. The van der Waals surface area contributed by atoms with Gasteiger partial charge < -0.3 is 10.2 Å².